The van der Waals surface area contributed by atoms with Crippen LogP contribution in [0.5, 0.6) is 5.75 Å². The summed E-state index contributed by atoms with van der Waals surface area (Å²) < 4.78 is 5.29. The first-order valence-electron chi connectivity index (χ1n) is 6.69. The molecule has 104 valence electrons. The average Bonchev–Trinajstić information content (AvgIpc) is 2.39. The summed E-state index contributed by atoms with van der Waals surface area (Å²) in [6.07, 6.45) is 1.62. The van der Waals surface area contributed by atoms with Gasteiger partial charge in [0.2, 0.25) is 5.91 Å². The highest BCUT2D eigenvalue weighted by Crippen LogP contribution is 2.21. The van der Waals surface area contributed by atoms with Crippen molar-refractivity contribution in [2.75, 3.05) is 20.2 Å². The molecule has 19 heavy (non-hydrogen) atoms. The summed E-state index contributed by atoms with van der Waals surface area (Å²) >= 11 is 0. The van der Waals surface area contributed by atoms with Gasteiger partial charge in [-0.05, 0) is 25.8 Å². The molecule has 0 radical (unpaired) electrons. The Balaban J connectivity index is 2.07. The van der Waals surface area contributed by atoms with Crippen LogP contribution in [0.25, 0.3) is 0 Å². The zero-order valence-electron chi connectivity index (χ0n) is 11.6. The maximum Gasteiger partial charge on any atom is 0.227 e. The van der Waals surface area contributed by atoms with Gasteiger partial charge < -0.3 is 14.7 Å². The summed E-state index contributed by atoms with van der Waals surface area (Å²) in [6.45, 7) is 3.19. The van der Waals surface area contributed by atoms with E-state index in [1.165, 1.54) is 0 Å². The fourth-order valence-electron chi connectivity index (χ4n) is 2.50. The van der Waals surface area contributed by atoms with Crippen LogP contribution in [0.1, 0.15) is 24.0 Å². The van der Waals surface area contributed by atoms with Gasteiger partial charge in [-0.25, -0.2) is 0 Å². The second-order valence-electron chi connectivity index (χ2n) is 5.13. The lowest BCUT2D eigenvalue weighted by Gasteiger charge is -2.30. The van der Waals surface area contributed by atoms with E-state index in [0.29, 0.717) is 13.0 Å². The maximum atomic E-state index is 12.3. The third kappa shape index (κ3) is 3.47. The van der Waals surface area contributed by atoms with Crippen molar-refractivity contribution in [3.8, 4) is 5.75 Å². The van der Waals surface area contributed by atoms with Gasteiger partial charge in [-0.3, -0.25) is 4.79 Å². The Morgan fingerprint density at radius 1 is 1.53 bits per heavy atom. The zero-order chi connectivity index (χ0) is 13.8. The Morgan fingerprint density at radius 2 is 2.32 bits per heavy atom. The van der Waals surface area contributed by atoms with Gasteiger partial charge in [0.1, 0.15) is 5.75 Å². The molecule has 1 aliphatic rings. The Kier molecular flexibility index (Phi) is 4.43. The molecule has 0 spiro atoms. The van der Waals surface area contributed by atoms with E-state index in [9.17, 15) is 9.90 Å². The van der Waals surface area contributed by atoms with E-state index < -0.39 is 0 Å². The van der Waals surface area contributed by atoms with Crippen LogP contribution in [-0.4, -0.2) is 42.2 Å². The number of aliphatic hydroxyl groups is 1. The van der Waals surface area contributed by atoms with E-state index in [1.807, 2.05) is 25.1 Å². The van der Waals surface area contributed by atoms with Crippen LogP contribution in [0.4, 0.5) is 0 Å². The molecule has 1 aromatic carbocycles. The largest absolute Gasteiger partial charge is 0.496 e. The van der Waals surface area contributed by atoms with E-state index >= 15 is 0 Å². The first-order chi connectivity index (χ1) is 9.10. The van der Waals surface area contributed by atoms with Gasteiger partial charge in [-0.1, -0.05) is 17.7 Å². The molecular formula is C15H21NO3. The number of carbonyl (C=O) groups excluding carboxylic acids is 1. The molecule has 1 fully saturated rings. The molecule has 1 amide bonds. The SMILES string of the molecule is COc1ccc(C)cc1CC(=O)N1CCC[C@H](O)C1. The summed E-state index contributed by atoms with van der Waals surface area (Å²) in [6, 6.07) is 5.84. The number of β-amino-alcohol motifs (C(OH)–C–C–N with tert-alkyl or cyclic N) is 1. The Labute approximate surface area is 114 Å². The van der Waals surface area contributed by atoms with Crippen molar-refractivity contribution < 1.29 is 14.6 Å². The fraction of sp³-hybridized carbons (Fsp3) is 0.533. The molecule has 1 aromatic rings. The number of hydrogen-bond donors (Lipinski definition) is 1. The number of ether oxygens (including phenoxy) is 1. The van der Waals surface area contributed by atoms with Gasteiger partial charge in [0, 0.05) is 18.7 Å². The van der Waals surface area contributed by atoms with Crippen LogP contribution in [0.15, 0.2) is 18.2 Å². The second kappa shape index (κ2) is 6.06. The van der Waals surface area contributed by atoms with E-state index in [-0.39, 0.29) is 12.0 Å². The smallest absolute Gasteiger partial charge is 0.227 e. The van der Waals surface area contributed by atoms with E-state index in [2.05, 4.69) is 0 Å². The Morgan fingerprint density at radius 3 is 3.00 bits per heavy atom. The molecular weight excluding hydrogens is 242 g/mol. The number of methoxy groups -OCH3 is 1. The van der Waals surface area contributed by atoms with Crippen molar-refractivity contribution in [1.82, 2.24) is 4.90 Å². The minimum atomic E-state index is -0.378. The van der Waals surface area contributed by atoms with Gasteiger partial charge in [0.15, 0.2) is 0 Å². The molecule has 1 saturated heterocycles. The summed E-state index contributed by atoms with van der Waals surface area (Å²) in [4.78, 5) is 14.0. The first kappa shape index (κ1) is 13.9. The third-order valence-corrected chi connectivity index (χ3v) is 3.53. The summed E-state index contributed by atoms with van der Waals surface area (Å²) in [5, 5.41) is 9.62. The minimum Gasteiger partial charge on any atom is -0.496 e. The van der Waals surface area contributed by atoms with E-state index in [1.54, 1.807) is 12.0 Å². The van der Waals surface area contributed by atoms with E-state index in [0.717, 1.165) is 36.3 Å². The van der Waals surface area contributed by atoms with Crippen LogP contribution in [0, 0.1) is 6.92 Å². The first-order valence-corrected chi connectivity index (χ1v) is 6.69. The second-order valence-corrected chi connectivity index (χ2v) is 5.13. The standard InChI is InChI=1S/C15H21NO3/c1-11-5-6-14(19-2)12(8-11)9-15(18)16-7-3-4-13(17)10-16/h5-6,8,13,17H,3-4,7,9-10H2,1-2H3/t13-/m0/s1. The highest BCUT2D eigenvalue weighted by Gasteiger charge is 2.22. The highest BCUT2D eigenvalue weighted by molar-refractivity contribution is 5.79. The zero-order valence-corrected chi connectivity index (χ0v) is 11.6. The van der Waals surface area contributed by atoms with Crippen LogP contribution >= 0.6 is 0 Å². The summed E-state index contributed by atoms with van der Waals surface area (Å²) in [7, 11) is 1.61. The number of benzene rings is 1. The topological polar surface area (TPSA) is 49.8 Å². The van der Waals surface area contributed by atoms with Crippen LogP contribution < -0.4 is 4.74 Å². The van der Waals surface area contributed by atoms with Crippen molar-refractivity contribution >= 4 is 5.91 Å². The molecule has 0 aliphatic carbocycles. The molecule has 1 N–H and O–H groups in total. The molecule has 0 aromatic heterocycles. The fourth-order valence-corrected chi connectivity index (χ4v) is 2.50. The van der Waals surface area contributed by atoms with Crippen molar-refractivity contribution in [2.24, 2.45) is 0 Å². The van der Waals surface area contributed by atoms with Crippen molar-refractivity contribution in [3.63, 3.8) is 0 Å². The van der Waals surface area contributed by atoms with E-state index in [4.69, 9.17) is 4.74 Å². The van der Waals surface area contributed by atoms with Gasteiger partial charge >= 0.3 is 0 Å². The van der Waals surface area contributed by atoms with Crippen molar-refractivity contribution in [2.45, 2.75) is 32.3 Å². The predicted octanol–water partition coefficient (Wildman–Crippen LogP) is 1.53. The van der Waals surface area contributed by atoms with Crippen LogP contribution in [0.3, 0.4) is 0 Å². The molecule has 0 bridgehead atoms. The minimum absolute atomic E-state index is 0.0580. The van der Waals surface area contributed by atoms with Crippen LogP contribution in [-0.2, 0) is 11.2 Å². The number of hydrogen-bond acceptors (Lipinski definition) is 3. The lowest BCUT2D eigenvalue weighted by molar-refractivity contribution is -0.133. The lowest BCUT2D eigenvalue weighted by Crippen LogP contribution is -2.42. The Hall–Kier alpha value is -1.55. The molecule has 1 aliphatic heterocycles. The molecule has 0 saturated carbocycles. The molecule has 4 nitrogen and oxygen atoms in total. The number of piperidine rings is 1. The predicted molar refractivity (Wildman–Crippen MR) is 73.3 cm³/mol. The number of likely N-dealkylation sites (tertiary alicyclic amines) is 1. The third-order valence-electron chi connectivity index (χ3n) is 3.53. The number of nitrogens with zero attached hydrogens (tertiary/aromatic N) is 1. The monoisotopic (exact) mass is 263 g/mol. The number of aliphatic hydroxyl groups excluding tert-OH is 1. The number of aryl methyl sites for hydroxylation is 1. The number of rotatable bonds is 3. The van der Waals surface area contributed by atoms with Gasteiger partial charge in [0.25, 0.3) is 0 Å². The number of carbonyl (C=O) groups is 1. The normalized spacial score (nSPS) is 19.3. The molecule has 4 heteroatoms. The van der Waals surface area contributed by atoms with Gasteiger partial charge in [-0.2, -0.15) is 0 Å². The van der Waals surface area contributed by atoms with Crippen molar-refractivity contribution in [3.05, 3.63) is 29.3 Å². The number of amides is 1. The summed E-state index contributed by atoms with van der Waals surface area (Å²) in [5.74, 6) is 0.805. The lowest BCUT2D eigenvalue weighted by atomic mass is 10.0. The van der Waals surface area contributed by atoms with Gasteiger partial charge in [0.05, 0.1) is 19.6 Å². The highest BCUT2D eigenvalue weighted by atomic mass is 16.5. The molecule has 1 atom stereocenters. The Bertz CT molecular complexity index is 459. The van der Waals surface area contributed by atoms with Crippen molar-refractivity contribution in [1.29, 1.82) is 0 Å². The van der Waals surface area contributed by atoms with Crippen LogP contribution in [0.2, 0.25) is 0 Å². The quantitative estimate of drug-likeness (QED) is 0.899. The van der Waals surface area contributed by atoms with Gasteiger partial charge in [-0.15, -0.1) is 0 Å². The summed E-state index contributed by atoms with van der Waals surface area (Å²) in [5.41, 5.74) is 2.02. The molecule has 1 heterocycles. The average molecular weight is 263 g/mol. The molecule has 0 unspecified atom stereocenters. The molecule has 2 rings (SSSR count). The maximum absolute atomic E-state index is 12.3.